The predicted molar refractivity (Wildman–Crippen MR) is 78.7 cm³/mol. The molecular formula is C14H27N3O4. The summed E-state index contributed by atoms with van der Waals surface area (Å²) >= 11 is 0. The largest absolute Gasteiger partial charge is 0.444 e. The second-order valence-electron chi connectivity index (χ2n) is 7.01. The molecule has 1 heterocycles. The standard InChI is InChI=1S/C14H27N3O4/c1-13(2,3)20-11(18)16-8-7-15-17(10-9-16)12(19)21-14(4,5)6/h15H,7-10H2,1-6H3. The second-order valence-corrected chi connectivity index (χ2v) is 7.01. The Kier molecular flexibility index (Phi) is 5.44. The van der Waals surface area contributed by atoms with Crippen LogP contribution in [0.1, 0.15) is 41.5 Å². The van der Waals surface area contributed by atoms with Gasteiger partial charge in [0.2, 0.25) is 0 Å². The third kappa shape index (κ3) is 6.66. The lowest BCUT2D eigenvalue weighted by atomic mass is 10.2. The van der Waals surface area contributed by atoms with Crippen molar-refractivity contribution in [2.75, 3.05) is 26.2 Å². The maximum atomic E-state index is 12.0. The van der Waals surface area contributed by atoms with Crippen LogP contribution in [0.4, 0.5) is 9.59 Å². The number of nitrogens with one attached hydrogen (secondary N) is 1. The van der Waals surface area contributed by atoms with E-state index in [4.69, 9.17) is 9.47 Å². The Morgan fingerprint density at radius 1 is 0.857 bits per heavy atom. The van der Waals surface area contributed by atoms with Crippen molar-refractivity contribution >= 4 is 12.2 Å². The molecule has 7 heteroatoms. The molecule has 0 radical (unpaired) electrons. The van der Waals surface area contributed by atoms with Crippen molar-refractivity contribution in [3.8, 4) is 0 Å². The van der Waals surface area contributed by atoms with E-state index in [1.54, 1.807) is 4.90 Å². The van der Waals surface area contributed by atoms with E-state index in [2.05, 4.69) is 5.43 Å². The van der Waals surface area contributed by atoms with Gasteiger partial charge in [0.15, 0.2) is 0 Å². The fraction of sp³-hybridized carbons (Fsp3) is 0.857. The van der Waals surface area contributed by atoms with Crippen LogP contribution in [0.15, 0.2) is 0 Å². The topological polar surface area (TPSA) is 71.1 Å². The summed E-state index contributed by atoms with van der Waals surface area (Å²) in [5.74, 6) is 0. The zero-order chi connectivity index (χ0) is 16.3. The van der Waals surface area contributed by atoms with Crippen molar-refractivity contribution in [2.45, 2.75) is 52.7 Å². The number of carbonyl (C=O) groups is 2. The van der Waals surface area contributed by atoms with Gasteiger partial charge in [-0.25, -0.2) is 20.0 Å². The second kappa shape index (κ2) is 6.51. The first-order valence-electron chi connectivity index (χ1n) is 7.20. The summed E-state index contributed by atoms with van der Waals surface area (Å²) in [5, 5.41) is 1.40. The van der Waals surface area contributed by atoms with Crippen LogP contribution < -0.4 is 5.43 Å². The van der Waals surface area contributed by atoms with Gasteiger partial charge in [-0.2, -0.15) is 0 Å². The zero-order valence-corrected chi connectivity index (χ0v) is 13.9. The van der Waals surface area contributed by atoms with Crippen LogP contribution in [-0.2, 0) is 9.47 Å². The summed E-state index contributed by atoms with van der Waals surface area (Å²) in [6.45, 7) is 12.6. The molecule has 0 unspecified atom stereocenters. The molecule has 0 aromatic carbocycles. The highest BCUT2D eigenvalue weighted by molar-refractivity contribution is 5.69. The van der Waals surface area contributed by atoms with E-state index in [0.717, 1.165) is 0 Å². The molecule has 2 amide bonds. The van der Waals surface area contributed by atoms with E-state index in [9.17, 15) is 9.59 Å². The lowest BCUT2D eigenvalue weighted by Crippen LogP contribution is -2.46. The molecule has 0 aromatic heterocycles. The fourth-order valence-electron chi connectivity index (χ4n) is 1.71. The molecule has 0 saturated carbocycles. The van der Waals surface area contributed by atoms with Gasteiger partial charge in [-0.05, 0) is 41.5 Å². The van der Waals surface area contributed by atoms with Crippen LogP contribution in [-0.4, -0.2) is 59.5 Å². The molecule has 0 aromatic rings. The van der Waals surface area contributed by atoms with Crippen LogP contribution >= 0.6 is 0 Å². The maximum absolute atomic E-state index is 12.0. The third-order valence-electron chi connectivity index (χ3n) is 2.54. The fourth-order valence-corrected chi connectivity index (χ4v) is 1.71. The number of amides is 2. The molecule has 1 fully saturated rings. The molecule has 1 N–H and O–H groups in total. The van der Waals surface area contributed by atoms with Gasteiger partial charge in [-0.1, -0.05) is 0 Å². The minimum absolute atomic E-state index is 0.355. The van der Waals surface area contributed by atoms with Crippen LogP contribution in [0.2, 0.25) is 0 Å². The summed E-state index contributed by atoms with van der Waals surface area (Å²) in [6.07, 6.45) is -0.802. The van der Waals surface area contributed by atoms with Crippen molar-refractivity contribution in [1.29, 1.82) is 0 Å². The Labute approximate surface area is 126 Å². The Morgan fingerprint density at radius 3 is 1.90 bits per heavy atom. The molecule has 1 saturated heterocycles. The van der Waals surface area contributed by atoms with Crippen LogP contribution in [0.5, 0.6) is 0 Å². The van der Waals surface area contributed by atoms with Crippen molar-refractivity contribution in [3.63, 3.8) is 0 Å². The van der Waals surface area contributed by atoms with Gasteiger partial charge in [0.1, 0.15) is 11.2 Å². The van der Waals surface area contributed by atoms with Gasteiger partial charge < -0.3 is 14.4 Å². The smallest absolute Gasteiger partial charge is 0.424 e. The summed E-state index contributed by atoms with van der Waals surface area (Å²) in [4.78, 5) is 25.6. The van der Waals surface area contributed by atoms with Crippen molar-refractivity contribution < 1.29 is 19.1 Å². The number of nitrogens with zero attached hydrogens (tertiary/aromatic N) is 2. The lowest BCUT2D eigenvalue weighted by molar-refractivity contribution is 0.0133. The Hall–Kier alpha value is -1.50. The molecule has 0 spiro atoms. The monoisotopic (exact) mass is 301 g/mol. The van der Waals surface area contributed by atoms with E-state index in [1.165, 1.54) is 5.01 Å². The number of hydrazine groups is 1. The van der Waals surface area contributed by atoms with Gasteiger partial charge in [0.25, 0.3) is 0 Å². The molecule has 122 valence electrons. The Balaban J connectivity index is 2.54. The predicted octanol–water partition coefficient (Wildman–Crippen LogP) is 1.98. The molecule has 21 heavy (non-hydrogen) atoms. The van der Waals surface area contributed by atoms with E-state index in [-0.39, 0.29) is 6.09 Å². The third-order valence-corrected chi connectivity index (χ3v) is 2.54. The quantitative estimate of drug-likeness (QED) is 0.741. The Bertz CT molecular complexity index is 349. The van der Waals surface area contributed by atoms with E-state index in [0.29, 0.717) is 26.2 Å². The highest BCUT2D eigenvalue weighted by Crippen LogP contribution is 2.12. The first-order valence-corrected chi connectivity index (χ1v) is 7.20. The SMILES string of the molecule is CC(C)(C)OC(=O)N1CCNN(C(=O)OC(C)(C)C)CC1. The first-order chi connectivity index (χ1) is 9.48. The van der Waals surface area contributed by atoms with Gasteiger partial charge in [0, 0.05) is 19.6 Å². The minimum atomic E-state index is -0.546. The van der Waals surface area contributed by atoms with Crippen LogP contribution in [0.3, 0.4) is 0 Å². The summed E-state index contributed by atoms with van der Waals surface area (Å²) < 4.78 is 10.6. The highest BCUT2D eigenvalue weighted by Gasteiger charge is 2.28. The number of rotatable bonds is 0. The Morgan fingerprint density at radius 2 is 1.38 bits per heavy atom. The van der Waals surface area contributed by atoms with E-state index >= 15 is 0 Å². The molecule has 1 aliphatic heterocycles. The average molecular weight is 301 g/mol. The molecule has 1 aliphatic rings. The first kappa shape index (κ1) is 17.6. The maximum Gasteiger partial charge on any atom is 0.424 e. The van der Waals surface area contributed by atoms with Crippen molar-refractivity contribution in [1.82, 2.24) is 15.3 Å². The number of carbonyl (C=O) groups excluding carboxylic acids is 2. The number of hydrogen-bond acceptors (Lipinski definition) is 5. The molecule has 0 atom stereocenters. The molecule has 1 rings (SSSR count). The normalized spacial score (nSPS) is 17.2. The zero-order valence-electron chi connectivity index (χ0n) is 13.9. The lowest BCUT2D eigenvalue weighted by Gasteiger charge is -2.27. The minimum Gasteiger partial charge on any atom is -0.444 e. The summed E-state index contributed by atoms with van der Waals surface area (Å²) in [5.41, 5.74) is 1.89. The molecular weight excluding hydrogens is 274 g/mol. The van der Waals surface area contributed by atoms with Crippen LogP contribution in [0, 0.1) is 0 Å². The van der Waals surface area contributed by atoms with Gasteiger partial charge in [0.05, 0.1) is 6.54 Å². The van der Waals surface area contributed by atoms with Gasteiger partial charge in [-0.3, -0.25) is 0 Å². The molecule has 0 aliphatic carbocycles. The highest BCUT2D eigenvalue weighted by atomic mass is 16.6. The van der Waals surface area contributed by atoms with Gasteiger partial charge in [-0.15, -0.1) is 0 Å². The van der Waals surface area contributed by atoms with Crippen LogP contribution in [0.25, 0.3) is 0 Å². The summed E-state index contributed by atoms with van der Waals surface area (Å²) in [6, 6.07) is 0. The summed E-state index contributed by atoms with van der Waals surface area (Å²) in [7, 11) is 0. The van der Waals surface area contributed by atoms with E-state index < -0.39 is 17.3 Å². The van der Waals surface area contributed by atoms with E-state index in [1.807, 2.05) is 41.5 Å². The van der Waals surface area contributed by atoms with Crippen molar-refractivity contribution in [2.24, 2.45) is 0 Å². The molecule has 7 nitrogen and oxygen atoms in total. The molecule has 0 bridgehead atoms. The van der Waals surface area contributed by atoms with Crippen molar-refractivity contribution in [3.05, 3.63) is 0 Å². The van der Waals surface area contributed by atoms with Gasteiger partial charge >= 0.3 is 12.2 Å². The average Bonchev–Trinajstić information content (AvgIpc) is 2.49. The number of ether oxygens (including phenoxy) is 2. The number of hydrogen-bond donors (Lipinski definition) is 1.